The van der Waals surface area contributed by atoms with E-state index in [2.05, 4.69) is 10.6 Å². The third-order valence-corrected chi connectivity index (χ3v) is 3.24. The molecule has 3 rings (SSSR count). The number of fused-ring (bicyclic) bond motifs is 1. The monoisotopic (exact) mass is 314 g/mol. The zero-order chi connectivity index (χ0) is 16.1. The lowest BCUT2D eigenvalue weighted by Gasteiger charge is -2.19. The van der Waals surface area contributed by atoms with Crippen LogP contribution in [0.3, 0.4) is 0 Å². The van der Waals surface area contributed by atoms with Crippen molar-refractivity contribution in [1.82, 2.24) is 0 Å². The fourth-order valence-electron chi connectivity index (χ4n) is 2.21. The third kappa shape index (κ3) is 3.85. The Morgan fingerprint density at radius 1 is 1.00 bits per heavy atom. The summed E-state index contributed by atoms with van der Waals surface area (Å²) >= 11 is 0. The van der Waals surface area contributed by atoms with Gasteiger partial charge in [-0.3, -0.25) is 5.32 Å². The third-order valence-electron chi connectivity index (χ3n) is 3.24. The first-order valence-corrected chi connectivity index (χ1v) is 7.45. The molecule has 0 bridgehead atoms. The van der Waals surface area contributed by atoms with Crippen LogP contribution in [0.1, 0.15) is 6.92 Å². The molecule has 1 amide bonds. The smallest absolute Gasteiger partial charge is 0.411 e. The van der Waals surface area contributed by atoms with Crippen molar-refractivity contribution in [2.45, 2.75) is 6.92 Å². The van der Waals surface area contributed by atoms with Gasteiger partial charge in [0.1, 0.15) is 13.2 Å². The predicted octanol–water partition coefficient (Wildman–Crippen LogP) is 3.77. The topological polar surface area (TPSA) is 68.8 Å². The van der Waals surface area contributed by atoms with Gasteiger partial charge in [-0.15, -0.1) is 0 Å². The second-order valence-corrected chi connectivity index (χ2v) is 4.91. The van der Waals surface area contributed by atoms with Gasteiger partial charge in [-0.25, -0.2) is 4.79 Å². The summed E-state index contributed by atoms with van der Waals surface area (Å²) in [6.07, 6.45) is -0.458. The minimum absolute atomic E-state index is 0.343. The molecular formula is C17H18N2O4. The van der Waals surface area contributed by atoms with Gasteiger partial charge in [0, 0.05) is 23.1 Å². The molecule has 1 aliphatic heterocycles. The Hall–Kier alpha value is -2.89. The molecule has 0 unspecified atom stereocenters. The van der Waals surface area contributed by atoms with Gasteiger partial charge in [-0.1, -0.05) is 0 Å². The van der Waals surface area contributed by atoms with Gasteiger partial charge >= 0.3 is 6.09 Å². The van der Waals surface area contributed by atoms with Crippen molar-refractivity contribution in [1.29, 1.82) is 0 Å². The number of carbonyl (C=O) groups excluding carboxylic acids is 1. The van der Waals surface area contributed by atoms with Gasteiger partial charge < -0.3 is 19.5 Å². The van der Waals surface area contributed by atoms with E-state index in [1.165, 1.54) is 0 Å². The Morgan fingerprint density at radius 3 is 2.39 bits per heavy atom. The quantitative estimate of drug-likeness (QED) is 0.899. The molecule has 0 saturated heterocycles. The molecule has 0 aliphatic carbocycles. The molecular weight excluding hydrogens is 296 g/mol. The van der Waals surface area contributed by atoms with E-state index in [4.69, 9.17) is 14.2 Å². The van der Waals surface area contributed by atoms with E-state index in [-0.39, 0.29) is 0 Å². The number of rotatable bonds is 4. The fourth-order valence-corrected chi connectivity index (χ4v) is 2.21. The summed E-state index contributed by atoms with van der Waals surface area (Å²) in [6, 6.07) is 13.1. The highest BCUT2D eigenvalue weighted by atomic mass is 16.6. The largest absolute Gasteiger partial charge is 0.486 e. The van der Waals surface area contributed by atoms with E-state index >= 15 is 0 Å². The van der Waals surface area contributed by atoms with E-state index in [0.29, 0.717) is 25.5 Å². The van der Waals surface area contributed by atoms with E-state index in [1.807, 2.05) is 30.3 Å². The highest BCUT2D eigenvalue weighted by molar-refractivity contribution is 5.85. The van der Waals surface area contributed by atoms with E-state index in [0.717, 1.165) is 22.9 Å². The summed E-state index contributed by atoms with van der Waals surface area (Å²) in [6.45, 7) is 3.24. The summed E-state index contributed by atoms with van der Waals surface area (Å²) in [5.74, 6) is 1.50. The standard InChI is InChI=1S/C17H18N2O4/c1-2-21-17(20)19-13-5-3-12(4-6-13)18-14-7-8-15-16(11-14)23-10-9-22-15/h3-8,11,18H,2,9-10H2,1H3,(H,19,20). The molecule has 0 aromatic heterocycles. The molecule has 6 heteroatoms. The van der Waals surface area contributed by atoms with Gasteiger partial charge in [0.25, 0.3) is 0 Å². The Labute approximate surface area is 134 Å². The van der Waals surface area contributed by atoms with Crippen LogP contribution in [-0.2, 0) is 4.74 Å². The Balaban J connectivity index is 1.65. The lowest BCUT2D eigenvalue weighted by molar-refractivity contribution is 0.168. The lowest BCUT2D eigenvalue weighted by Crippen LogP contribution is -2.15. The van der Waals surface area contributed by atoms with Gasteiger partial charge in [0.2, 0.25) is 0 Å². The average Bonchev–Trinajstić information content (AvgIpc) is 2.57. The van der Waals surface area contributed by atoms with Crippen molar-refractivity contribution < 1.29 is 19.0 Å². The minimum atomic E-state index is -0.458. The first-order valence-electron chi connectivity index (χ1n) is 7.45. The number of benzene rings is 2. The summed E-state index contributed by atoms with van der Waals surface area (Å²) in [7, 11) is 0. The van der Waals surface area contributed by atoms with Gasteiger partial charge in [0.15, 0.2) is 11.5 Å². The molecule has 2 N–H and O–H groups in total. The van der Waals surface area contributed by atoms with Crippen LogP contribution < -0.4 is 20.1 Å². The van der Waals surface area contributed by atoms with Crippen LogP contribution in [0.25, 0.3) is 0 Å². The van der Waals surface area contributed by atoms with Crippen LogP contribution in [0.15, 0.2) is 42.5 Å². The van der Waals surface area contributed by atoms with Crippen LogP contribution in [0, 0.1) is 0 Å². The molecule has 120 valence electrons. The summed E-state index contributed by atoms with van der Waals surface area (Å²) in [4.78, 5) is 11.4. The van der Waals surface area contributed by atoms with Crippen molar-refractivity contribution in [2.24, 2.45) is 0 Å². The first kappa shape index (κ1) is 15.0. The molecule has 0 fully saturated rings. The minimum Gasteiger partial charge on any atom is -0.486 e. The van der Waals surface area contributed by atoms with E-state index < -0.39 is 6.09 Å². The second-order valence-electron chi connectivity index (χ2n) is 4.91. The zero-order valence-corrected chi connectivity index (χ0v) is 12.8. The van der Waals surface area contributed by atoms with Gasteiger partial charge in [-0.2, -0.15) is 0 Å². The first-order chi connectivity index (χ1) is 11.2. The summed E-state index contributed by atoms with van der Waals surface area (Å²) in [5.41, 5.74) is 2.48. The number of ether oxygens (including phenoxy) is 3. The molecule has 0 atom stereocenters. The molecule has 2 aromatic carbocycles. The molecule has 23 heavy (non-hydrogen) atoms. The molecule has 0 saturated carbocycles. The van der Waals surface area contributed by atoms with Crippen molar-refractivity contribution in [2.75, 3.05) is 30.5 Å². The SMILES string of the molecule is CCOC(=O)Nc1ccc(Nc2ccc3c(c2)OCCO3)cc1. The number of amides is 1. The number of carbonyl (C=O) groups is 1. The Morgan fingerprint density at radius 2 is 1.65 bits per heavy atom. The zero-order valence-electron chi connectivity index (χ0n) is 12.8. The highest BCUT2D eigenvalue weighted by Crippen LogP contribution is 2.33. The Kier molecular flexibility index (Phi) is 4.52. The van der Waals surface area contributed by atoms with Crippen LogP contribution >= 0.6 is 0 Å². The number of hydrogen-bond acceptors (Lipinski definition) is 5. The number of nitrogens with one attached hydrogen (secondary N) is 2. The maximum Gasteiger partial charge on any atom is 0.411 e. The van der Waals surface area contributed by atoms with Crippen molar-refractivity contribution in [3.63, 3.8) is 0 Å². The van der Waals surface area contributed by atoms with Crippen molar-refractivity contribution >= 4 is 23.2 Å². The molecule has 1 heterocycles. The molecule has 0 radical (unpaired) electrons. The maximum atomic E-state index is 11.4. The van der Waals surface area contributed by atoms with Crippen molar-refractivity contribution in [3.05, 3.63) is 42.5 Å². The van der Waals surface area contributed by atoms with Crippen LogP contribution in [-0.4, -0.2) is 25.9 Å². The van der Waals surface area contributed by atoms with Crippen LogP contribution in [0.5, 0.6) is 11.5 Å². The lowest BCUT2D eigenvalue weighted by atomic mass is 10.2. The predicted molar refractivity (Wildman–Crippen MR) is 87.8 cm³/mol. The van der Waals surface area contributed by atoms with Crippen LogP contribution in [0.4, 0.5) is 21.9 Å². The number of hydrogen-bond donors (Lipinski definition) is 2. The van der Waals surface area contributed by atoms with Gasteiger partial charge in [0.05, 0.1) is 6.61 Å². The highest BCUT2D eigenvalue weighted by Gasteiger charge is 2.11. The van der Waals surface area contributed by atoms with E-state index in [9.17, 15) is 4.79 Å². The average molecular weight is 314 g/mol. The molecule has 6 nitrogen and oxygen atoms in total. The molecule has 2 aromatic rings. The summed E-state index contributed by atoms with van der Waals surface area (Å²) < 4.78 is 15.9. The maximum absolute atomic E-state index is 11.4. The fraction of sp³-hybridized carbons (Fsp3) is 0.235. The molecule has 1 aliphatic rings. The molecule has 0 spiro atoms. The second kappa shape index (κ2) is 6.91. The van der Waals surface area contributed by atoms with Crippen LogP contribution in [0.2, 0.25) is 0 Å². The Bertz CT molecular complexity index is 685. The normalized spacial score (nSPS) is 12.4. The number of anilines is 3. The van der Waals surface area contributed by atoms with Gasteiger partial charge in [-0.05, 0) is 43.3 Å². The summed E-state index contributed by atoms with van der Waals surface area (Å²) in [5, 5.41) is 5.93. The van der Waals surface area contributed by atoms with E-state index in [1.54, 1.807) is 19.1 Å². The van der Waals surface area contributed by atoms with Crippen molar-refractivity contribution in [3.8, 4) is 11.5 Å².